The predicted molar refractivity (Wildman–Crippen MR) is 91.5 cm³/mol. The van der Waals surface area contributed by atoms with Crippen molar-refractivity contribution in [1.82, 2.24) is 5.32 Å². The molecule has 0 spiro atoms. The number of methoxy groups -OCH3 is 2. The molecule has 0 heterocycles. The van der Waals surface area contributed by atoms with Gasteiger partial charge in [0.15, 0.2) is 0 Å². The van der Waals surface area contributed by atoms with Crippen LogP contribution in [-0.4, -0.2) is 37.7 Å². The topological polar surface area (TPSA) is 84.9 Å². The lowest BCUT2D eigenvalue weighted by atomic mass is 9.97. The Morgan fingerprint density at radius 1 is 1.12 bits per heavy atom. The van der Waals surface area contributed by atoms with E-state index in [0.717, 1.165) is 5.56 Å². The van der Waals surface area contributed by atoms with Gasteiger partial charge in [-0.1, -0.05) is 13.8 Å². The van der Waals surface area contributed by atoms with Gasteiger partial charge in [0.2, 0.25) is 5.91 Å². The van der Waals surface area contributed by atoms with E-state index >= 15 is 0 Å². The van der Waals surface area contributed by atoms with Crippen molar-refractivity contribution in [2.24, 2.45) is 11.8 Å². The number of hydrogen-bond acceptors (Lipinski definition) is 4. The molecule has 0 saturated carbocycles. The highest BCUT2D eigenvalue weighted by molar-refractivity contribution is 5.77. The van der Waals surface area contributed by atoms with Gasteiger partial charge < -0.3 is 19.9 Å². The van der Waals surface area contributed by atoms with Crippen molar-refractivity contribution in [3.05, 3.63) is 23.8 Å². The van der Waals surface area contributed by atoms with Crippen molar-refractivity contribution in [3.8, 4) is 11.5 Å². The Balaban J connectivity index is 2.52. The lowest BCUT2D eigenvalue weighted by Crippen LogP contribution is -2.33. The number of nitrogens with one attached hydrogen (secondary N) is 1. The van der Waals surface area contributed by atoms with Crippen LogP contribution in [0.2, 0.25) is 0 Å². The molecule has 1 unspecified atom stereocenters. The summed E-state index contributed by atoms with van der Waals surface area (Å²) < 4.78 is 10.4. The summed E-state index contributed by atoms with van der Waals surface area (Å²) in [6.45, 7) is 4.09. The number of aliphatic carboxylic acids is 1. The van der Waals surface area contributed by atoms with Crippen LogP contribution in [0.4, 0.5) is 0 Å². The first kappa shape index (κ1) is 19.8. The Labute approximate surface area is 143 Å². The highest BCUT2D eigenvalue weighted by Crippen LogP contribution is 2.23. The SMILES string of the molecule is COc1cc(CCC(=O)NCC(CC(C)C)C(=O)O)cc(OC)c1. The number of carboxylic acid groups (broad SMARTS) is 1. The zero-order valence-electron chi connectivity index (χ0n) is 14.8. The van der Waals surface area contributed by atoms with E-state index in [0.29, 0.717) is 24.3 Å². The van der Waals surface area contributed by atoms with Crippen LogP contribution >= 0.6 is 0 Å². The normalized spacial score (nSPS) is 11.9. The van der Waals surface area contributed by atoms with Crippen molar-refractivity contribution < 1.29 is 24.2 Å². The largest absolute Gasteiger partial charge is 0.497 e. The van der Waals surface area contributed by atoms with Crippen molar-refractivity contribution in [3.63, 3.8) is 0 Å². The maximum atomic E-state index is 12.0. The second-order valence-corrected chi connectivity index (χ2v) is 6.19. The summed E-state index contributed by atoms with van der Waals surface area (Å²) in [7, 11) is 3.15. The van der Waals surface area contributed by atoms with E-state index in [9.17, 15) is 14.7 Å². The Bertz CT molecular complexity index is 534. The Morgan fingerprint density at radius 3 is 2.17 bits per heavy atom. The summed E-state index contributed by atoms with van der Waals surface area (Å²) in [5, 5.41) is 11.9. The molecule has 0 aliphatic carbocycles. The number of rotatable bonds is 10. The Kier molecular flexibility index (Phi) is 8.09. The second-order valence-electron chi connectivity index (χ2n) is 6.19. The van der Waals surface area contributed by atoms with E-state index < -0.39 is 11.9 Å². The summed E-state index contributed by atoms with van der Waals surface area (Å²) in [6.07, 6.45) is 1.36. The molecule has 0 fully saturated rings. The minimum absolute atomic E-state index is 0.160. The van der Waals surface area contributed by atoms with Crippen LogP contribution in [0.25, 0.3) is 0 Å². The Morgan fingerprint density at radius 2 is 1.71 bits per heavy atom. The molecule has 0 radical (unpaired) electrons. The second kappa shape index (κ2) is 9.80. The average Bonchev–Trinajstić information content (AvgIpc) is 2.55. The van der Waals surface area contributed by atoms with Gasteiger partial charge in [-0.25, -0.2) is 0 Å². The first-order chi connectivity index (χ1) is 11.3. The zero-order chi connectivity index (χ0) is 18.1. The van der Waals surface area contributed by atoms with Crippen LogP contribution in [0, 0.1) is 11.8 Å². The maximum absolute atomic E-state index is 12.0. The maximum Gasteiger partial charge on any atom is 0.308 e. The van der Waals surface area contributed by atoms with E-state index in [2.05, 4.69) is 5.32 Å². The third-order valence-electron chi connectivity index (χ3n) is 3.70. The first-order valence-corrected chi connectivity index (χ1v) is 8.07. The minimum atomic E-state index is -0.874. The number of benzene rings is 1. The van der Waals surface area contributed by atoms with Gasteiger partial charge >= 0.3 is 5.97 Å². The van der Waals surface area contributed by atoms with Crippen LogP contribution < -0.4 is 14.8 Å². The number of carboxylic acids is 1. The number of aryl methyl sites for hydroxylation is 1. The molecule has 0 saturated heterocycles. The fourth-order valence-electron chi connectivity index (χ4n) is 2.43. The fraction of sp³-hybridized carbons (Fsp3) is 0.556. The van der Waals surface area contributed by atoms with Gasteiger partial charge in [-0.2, -0.15) is 0 Å². The molecule has 0 bridgehead atoms. The summed E-state index contributed by atoms with van der Waals surface area (Å²) in [6, 6.07) is 5.48. The highest BCUT2D eigenvalue weighted by atomic mass is 16.5. The van der Waals surface area contributed by atoms with Gasteiger partial charge in [0.1, 0.15) is 11.5 Å². The molecule has 1 atom stereocenters. The van der Waals surface area contributed by atoms with Crippen molar-refractivity contribution in [1.29, 1.82) is 0 Å². The van der Waals surface area contributed by atoms with Gasteiger partial charge in [0.25, 0.3) is 0 Å². The molecule has 0 aliphatic rings. The van der Waals surface area contributed by atoms with Gasteiger partial charge in [0, 0.05) is 19.0 Å². The average molecular weight is 337 g/mol. The van der Waals surface area contributed by atoms with Crippen molar-refractivity contribution in [2.75, 3.05) is 20.8 Å². The molecule has 1 amide bonds. The minimum Gasteiger partial charge on any atom is -0.497 e. The first-order valence-electron chi connectivity index (χ1n) is 8.07. The molecule has 6 nitrogen and oxygen atoms in total. The number of carbonyl (C=O) groups is 2. The number of ether oxygens (including phenoxy) is 2. The molecule has 1 rings (SSSR count). The summed E-state index contributed by atoms with van der Waals surface area (Å²) >= 11 is 0. The quantitative estimate of drug-likeness (QED) is 0.685. The predicted octanol–water partition coefficient (Wildman–Crippen LogP) is 2.50. The van der Waals surface area contributed by atoms with Gasteiger partial charge in [-0.3, -0.25) is 9.59 Å². The van der Waals surface area contributed by atoms with E-state index in [4.69, 9.17) is 9.47 Å². The molecule has 0 aromatic heterocycles. The van der Waals surface area contributed by atoms with E-state index in [1.807, 2.05) is 26.0 Å². The number of hydrogen-bond donors (Lipinski definition) is 2. The van der Waals surface area contributed by atoms with Crippen LogP contribution in [-0.2, 0) is 16.0 Å². The van der Waals surface area contributed by atoms with Crippen molar-refractivity contribution >= 4 is 11.9 Å². The summed E-state index contributed by atoms with van der Waals surface area (Å²) in [4.78, 5) is 23.2. The van der Waals surface area contributed by atoms with Gasteiger partial charge in [-0.15, -0.1) is 0 Å². The van der Waals surface area contributed by atoms with E-state index in [1.54, 1.807) is 20.3 Å². The fourth-order valence-corrected chi connectivity index (χ4v) is 2.43. The Hall–Kier alpha value is -2.24. The van der Waals surface area contributed by atoms with Crippen LogP contribution in [0.15, 0.2) is 18.2 Å². The van der Waals surface area contributed by atoms with Gasteiger partial charge in [-0.05, 0) is 36.5 Å². The zero-order valence-corrected chi connectivity index (χ0v) is 14.8. The smallest absolute Gasteiger partial charge is 0.308 e. The van der Waals surface area contributed by atoms with E-state index in [-0.39, 0.29) is 24.8 Å². The third kappa shape index (κ3) is 6.89. The van der Waals surface area contributed by atoms with E-state index in [1.165, 1.54) is 0 Å². The van der Waals surface area contributed by atoms with Crippen molar-refractivity contribution in [2.45, 2.75) is 33.1 Å². The van der Waals surface area contributed by atoms with Crippen LogP contribution in [0.3, 0.4) is 0 Å². The highest BCUT2D eigenvalue weighted by Gasteiger charge is 2.19. The van der Waals surface area contributed by atoms with Crippen LogP contribution in [0.5, 0.6) is 11.5 Å². The molecular weight excluding hydrogens is 310 g/mol. The van der Waals surface area contributed by atoms with Gasteiger partial charge in [0.05, 0.1) is 20.1 Å². The standard InChI is InChI=1S/C18H27NO5/c1-12(2)7-14(18(21)22)11-19-17(20)6-5-13-8-15(23-3)10-16(9-13)24-4/h8-10,12,14H,5-7,11H2,1-4H3,(H,19,20)(H,21,22). The molecule has 2 N–H and O–H groups in total. The lowest BCUT2D eigenvalue weighted by molar-refractivity contribution is -0.142. The summed E-state index contributed by atoms with van der Waals surface area (Å²) in [5.41, 5.74) is 0.929. The third-order valence-corrected chi connectivity index (χ3v) is 3.70. The molecule has 24 heavy (non-hydrogen) atoms. The monoisotopic (exact) mass is 337 g/mol. The summed E-state index contributed by atoms with van der Waals surface area (Å²) in [5.74, 6) is 0.0340. The molecular formula is C18H27NO5. The molecule has 1 aromatic rings. The molecule has 1 aromatic carbocycles. The van der Waals surface area contributed by atoms with Crippen LogP contribution in [0.1, 0.15) is 32.3 Å². The molecule has 0 aliphatic heterocycles. The number of carbonyl (C=O) groups excluding carboxylic acids is 1. The molecule has 134 valence electrons. The number of amides is 1. The lowest BCUT2D eigenvalue weighted by Gasteiger charge is -2.15. The molecule has 6 heteroatoms.